The Hall–Kier alpha value is -4.14. The fourth-order valence-electron chi connectivity index (χ4n) is 4.83. The van der Waals surface area contributed by atoms with Gasteiger partial charge in [-0.25, -0.2) is 4.98 Å². The molecule has 0 spiro atoms. The van der Waals surface area contributed by atoms with E-state index in [-0.39, 0.29) is 29.3 Å². The van der Waals surface area contributed by atoms with Gasteiger partial charge in [-0.3, -0.25) is 4.79 Å². The molecule has 1 aromatic carbocycles. The van der Waals surface area contributed by atoms with E-state index in [2.05, 4.69) is 40.6 Å². The van der Waals surface area contributed by atoms with Gasteiger partial charge in [-0.15, -0.1) is 23.1 Å². The maximum atomic E-state index is 12.9. The quantitative estimate of drug-likeness (QED) is 0.245. The Morgan fingerprint density at radius 3 is 2.56 bits per heavy atom. The molecule has 1 aliphatic rings. The largest absolute Gasteiger partial charge is 0.383 e. The highest BCUT2D eigenvalue weighted by Crippen LogP contribution is 2.42. The number of amides is 1. The van der Waals surface area contributed by atoms with Crippen LogP contribution in [0.4, 0.5) is 10.8 Å². The van der Waals surface area contributed by atoms with E-state index in [1.165, 1.54) is 40.0 Å². The second-order valence-corrected chi connectivity index (χ2v) is 11.9. The number of nitriles is 3. The zero-order valence-electron chi connectivity index (χ0n) is 20.7. The maximum absolute atomic E-state index is 12.9. The van der Waals surface area contributed by atoms with E-state index in [1.54, 1.807) is 0 Å². The van der Waals surface area contributed by atoms with Crippen LogP contribution in [0.5, 0.6) is 0 Å². The van der Waals surface area contributed by atoms with E-state index >= 15 is 0 Å². The van der Waals surface area contributed by atoms with Crippen molar-refractivity contribution in [2.75, 3.05) is 16.8 Å². The monoisotopic (exact) mass is 566 g/mol. The molecule has 1 aliphatic carbocycles. The molecular weight excluding hydrogens is 545 g/mol. The van der Waals surface area contributed by atoms with Gasteiger partial charge in [0.25, 0.3) is 0 Å². The highest BCUT2D eigenvalue weighted by atomic mass is 32.2. The Labute approximate surface area is 238 Å². The molecule has 3 heterocycles. The molecule has 0 saturated carbocycles. The van der Waals surface area contributed by atoms with Crippen LogP contribution in [0.3, 0.4) is 0 Å². The first-order valence-electron chi connectivity index (χ1n) is 12.2. The molecule has 3 N–H and O–H groups in total. The molecular formula is C29H22N6OS3. The number of hydrogen-bond donors (Lipinski definition) is 2. The number of nitrogen functional groups attached to an aromatic ring is 1. The van der Waals surface area contributed by atoms with Gasteiger partial charge in [0.15, 0.2) is 0 Å². The van der Waals surface area contributed by atoms with Gasteiger partial charge >= 0.3 is 0 Å². The summed E-state index contributed by atoms with van der Waals surface area (Å²) in [4.78, 5) is 18.3. The summed E-state index contributed by atoms with van der Waals surface area (Å²) in [5.74, 6) is 0.603. The summed E-state index contributed by atoms with van der Waals surface area (Å²) < 4.78 is 0. The fraction of sp³-hybridized carbons (Fsp3) is 0.207. The van der Waals surface area contributed by atoms with Crippen LogP contribution < -0.4 is 11.1 Å². The number of thioether (sulfide) groups is 1. The highest BCUT2D eigenvalue weighted by Gasteiger charge is 2.27. The molecule has 4 aromatic rings. The molecule has 5 rings (SSSR count). The summed E-state index contributed by atoms with van der Waals surface area (Å²) in [5.41, 5.74) is 10.6. The minimum atomic E-state index is -0.213. The number of nitrogens with two attached hydrogens (primary N) is 1. The molecule has 3 aromatic heterocycles. The molecule has 1 unspecified atom stereocenters. The van der Waals surface area contributed by atoms with Crippen molar-refractivity contribution in [3.63, 3.8) is 0 Å². The van der Waals surface area contributed by atoms with Gasteiger partial charge in [0.2, 0.25) is 5.91 Å². The normalized spacial score (nSPS) is 14.0. The summed E-state index contributed by atoms with van der Waals surface area (Å²) in [6.07, 6.45) is 2.81. The summed E-state index contributed by atoms with van der Waals surface area (Å²) >= 11 is 4.20. The average molecular weight is 567 g/mol. The lowest BCUT2D eigenvalue weighted by atomic mass is 9.83. The minimum absolute atomic E-state index is 0.0567. The smallest absolute Gasteiger partial charge is 0.225 e. The molecule has 1 atom stereocenters. The number of carbonyl (C=O) groups is 1. The first-order valence-corrected chi connectivity index (χ1v) is 15.0. The summed E-state index contributed by atoms with van der Waals surface area (Å²) in [7, 11) is 0. The maximum Gasteiger partial charge on any atom is 0.225 e. The molecule has 192 valence electrons. The minimum Gasteiger partial charge on any atom is -0.383 e. The molecule has 1 amide bonds. The Balaban J connectivity index is 1.28. The number of fused-ring (bicyclic) bond motifs is 1. The summed E-state index contributed by atoms with van der Waals surface area (Å²) in [6, 6.07) is 18.8. The summed E-state index contributed by atoms with van der Waals surface area (Å²) in [6.45, 7) is 0. The van der Waals surface area contributed by atoms with Gasteiger partial charge in [-0.1, -0.05) is 30.3 Å². The Kier molecular flexibility index (Phi) is 7.95. The number of rotatable bonds is 7. The average Bonchev–Trinajstić information content (AvgIpc) is 3.60. The van der Waals surface area contributed by atoms with Gasteiger partial charge in [-0.05, 0) is 58.7 Å². The molecule has 39 heavy (non-hydrogen) atoms. The van der Waals surface area contributed by atoms with Gasteiger partial charge < -0.3 is 11.1 Å². The van der Waals surface area contributed by atoms with Crippen molar-refractivity contribution >= 4 is 51.2 Å². The number of hydrogen-bond acceptors (Lipinski definition) is 9. The van der Waals surface area contributed by atoms with Crippen LogP contribution in [0.25, 0.3) is 11.1 Å². The van der Waals surface area contributed by atoms with E-state index in [0.29, 0.717) is 32.8 Å². The number of carbonyl (C=O) groups excluding carboxylic acids is 1. The number of thiophene rings is 2. The van der Waals surface area contributed by atoms with Crippen molar-refractivity contribution in [2.24, 2.45) is 0 Å². The third-order valence-electron chi connectivity index (χ3n) is 6.69. The van der Waals surface area contributed by atoms with Crippen molar-refractivity contribution in [1.82, 2.24) is 4.98 Å². The molecule has 0 radical (unpaired) electrons. The van der Waals surface area contributed by atoms with Crippen LogP contribution in [0.1, 0.15) is 51.5 Å². The van der Waals surface area contributed by atoms with Crippen LogP contribution in [0.2, 0.25) is 0 Å². The number of benzene rings is 1. The fourth-order valence-corrected chi connectivity index (χ4v) is 7.71. The lowest BCUT2D eigenvalue weighted by molar-refractivity contribution is -0.115. The predicted octanol–water partition coefficient (Wildman–Crippen LogP) is 6.46. The number of nitrogens with zero attached hydrogens (tertiary/aromatic N) is 4. The van der Waals surface area contributed by atoms with Gasteiger partial charge in [0.05, 0.1) is 11.1 Å². The van der Waals surface area contributed by atoms with Crippen LogP contribution >= 0.6 is 34.4 Å². The first kappa shape index (κ1) is 26.5. The van der Waals surface area contributed by atoms with Gasteiger partial charge in [0, 0.05) is 22.6 Å². The second-order valence-electron chi connectivity index (χ2n) is 8.98. The van der Waals surface area contributed by atoms with Gasteiger partial charge in [0.1, 0.15) is 39.6 Å². The van der Waals surface area contributed by atoms with E-state index in [4.69, 9.17) is 5.73 Å². The Bertz CT molecular complexity index is 1660. The second kappa shape index (κ2) is 11.7. The molecule has 0 saturated heterocycles. The van der Waals surface area contributed by atoms with E-state index in [1.807, 2.05) is 35.0 Å². The third kappa shape index (κ3) is 5.39. The Morgan fingerprint density at radius 2 is 1.87 bits per heavy atom. The predicted molar refractivity (Wildman–Crippen MR) is 156 cm³/mol. The third-order valence-corrected chi connectivity index (χ3v) is 9.52. The SMILES string of the molecule is N#Cc1c(NC(=O)CCSc2nc(N)c(C#N)c(-c3ccsc3)c2C#N)sc2c1CCC(c1ccccc1)C2. The van der Waals surface area contributed by atoms with Crippen LogP contribution in [0, 0.1) is 34.0 Å². The topological polar surface area (TPSA) is 139 Å². The van der Waals surface area contributed by atoms with Crippen LogP contribution in [0.15, 0.2) is 52.2 Å². The zero-order valence-corrected chi connectivity index (χ0v) is 23.2. The van der Waals surface area contributed by atoms with Crippen molar-refractivity contribution in [3.8, 4) is 29.3 Å². The first-order chi connectivity index (χ1) is 19.0. The van der Waals surface area contributed by atoms with Gasteiger partial charge in [-0.2, -0.15) is 27.1 Å². The number of pyridine rings is 1. The lowest BCUT2D eigenvalue weighted by Crippen LogP contribution is -2.13. The lowest BCUT2D eigenvalue weighted by Gasteiger charge is -2.22. The highest BCUT2D eigenvalue weighted by molar-refractivity contribution is 7.99. The molecule has 0 aliphatic heterocycles. The number of nitrogens with one attached hydrogen (secondary N) is 1. The van der Waals surface area contributed by atoms with E-state index < -0.39 is 0 Å². The van der Waals surface area contributed by atoms with E-state index in [0.717, 1.165) is 35.3 Å². The van der Waals surface area contributed by atoms with E-state index in [9.17, 15) is 20.6 Å². The zero-order chi connectivity index (χ0) is 27.4. The molecule has 10 heteroatoms. The van der Waals surface area contributed by atoms with Crippen LogP contribution in [-0.2, 0) is 17.6 Å². The molecule has 0 bridgehead atoms. The Morgan fingerprint density at radius 1 is 1.10 bits per heavy atom. The molecule has 7 nitrogen and oxygen atoms in total. The standard InChI is InChI=1S/C29H22N6OS3/c30-13-21-20-7-6-18(17-4-2-1-3-5-17)12-24(20)39-29(21)34-25(36)9-11-38-28-23(15-32)26(19-8-10-37-16-19)22(14-31)27(33)35-28/h1-5,8,10,16,18H,6-7,9,11-12H2,(H2,33,35)(H,34,36). The van der Waals surface area contributed by atoms with Crippen molar-refractivity contribution < 1.29 is 4.79 Å². The van der Waals surface area contributed by atoms with Crippen molar-refractivity contribution in [3.05, 3.63) is 79.9 Å². The molecule has 0 fully saturated rings. The van der Waals surface area contributed by atoms with Crippen molar-refractivity contribution in [1.29, 1.82) is 15.8 Å². The summed E-state index contributed by atoms with van der Waals surface area (Å²) in [5, 5.41) is 37.0. The number of anilines is 2. The number of aromatic nitrogens is 1. The van der Waals surface area contributed by atoms with Crippen LogP contribution in [-0.4, -0.2) is 16.6 Å². The van der Waals surface area contributed by atoms with Crippen molar-refractivity contribution in [2.45, 2.75) is 36.6 Å².